The number of nitrogens with two attached hydrogens (primary N) is 1. The molecule has 0 aromatic carbocycles. The van der Waals surface area contributed by atoms with E-state index in [2.05, 4.69) is 29.7 Å². The van der Waals surface area contributed by atoms with Crippen molar-refractivity contribution in [2.45, 2.75) is 46.1 Å². The molecule has 1 rings (SSSR count). The average molecular weight is 241 g/mol. The summed E-state index contributed by atoms with van der Waals surface area (Å²) in [5.41, 5.74) is 7.24. The summed E-state index contributed by atoms with van der Waals surface area (Å²) in [7, 11) is 0. The summed E-state index contributed by atoms with van der Waals surface area (Å²) in [6.07, 6.45) is 6.37. The first-order valence-electron chi connectivity index (χ1n) is 6.07. The van der Waals surface area contributed by atoms with E-state index in [1.165, 1.54) is 0 Å². The molecule has 0 fully saturated rings. The molecule has 0 bridgehead atoms. The highest BCUT2D eigenvalue weighted by molar-refractivity contribution is 7.98. The van der Waals surface area contributed by atoms with Crippen molar-refractivity contribution in [1.29, 1.82) is 0 Å². The first-order valence-corrected chi connectivity index (χ1v) is 7.46. The zero-order valence-corrected chi connectivity index (χ0v) is 11.4. The van der Waals surface area contributed by atoms with E-state index in [1.54, 1.807) is 0 Å². The van der Waals surface area contributed by atoms with Crippen molar-refractivity contribution in [3.63, 3.8) is 0 Å². The maximum absolute atomic E-state index is 6.15. The van der Waals surface area contributed by atoms with Crippen molar-refractivity contribution >= 4 is 17.6 Å². The fraction of sp³-hybridized carbons (Fsp3) is 0.750. The first-order chi connectivity index (χ1) is 7.74. The van der Waals surface area contributed by atoms with E-state index in [4.69, 9.17) is 5.73 Å². The van der Waals surface area contributed by atoms with Gasteiger partial charge in [0.15, 0.2) is 0 Å². The quantitative estimate of drug-likeness (QED) is 0.798. The molecule has 0 saturated carbocycles. The number of hydrogen-bond acceptors (Lipinski definition) is 3. The van der Waals surface area contributed by atoms with Gasteiger partial charge in [-0.3, -0.25) is 0 Å². The second-order valence-corrected chi connectivity index (χ2v) is 4.99. The van der Waals surface area contributed by atoms with Crippen LogP contribution in [0.25, 0.3) is 0 Å². The maximum Gasteiger partial charge on any atom is 0.126 e. The Labute approximate surface area is 103 Å². The number of hydrogen-bond donors (Lipinski definition) is 1. The summed E-state index contributed by atoms with van der Waals surface area (Å²) in [5, 5.41) is 0. The highest BCUT2D eigenvalue weighted by atomic mass is 32.2. The molecule has 92 valence electrons. The lowest BCUT2D eigenvalue weighted by molar-refractivity contribution is 0.637. The fourth-order valence-corrected chi connectivity index (χ4v) is 2.24. The van der Waals surface area contributed by atoms with Gasteiger partial charge < -0.3 is 10.3 Å². The number of imidazole rings is 1. The molecule has 1 aromatic heterocycles. The Hall–Kier alpha value is -0.640. The number of rotatable bonds is 7. The summed E-state index contributed by atoms with van der Waals surface area (Å²) < 4.78 is 2.19. The van der Waals surface area contributed by atoms with Crippen LogP contribution in [-0.4, -0.2) is 21.6 Å². The SMILES string of the molecule is CCCc1nc(CCSC)c(N)n1CCC. The van der Waals surface area contributed by atoms with Crippen molar-refractivity contribution in [2.75, 3.05) is 17.7 Å². The third-order valence-corrected chi connectivity index (χ3v) is 3.24. The van der Waals surface area contributed by atoms with Crippen LogP contribution in [0.3, 0.4) is 0 Å². The smallest absolute Gasteiger partial charge is 0.126 e. The lowest BCUT2D eigenvalue weighted by Gasteiger charge is -2.07. The number of aromatic nitrogens is 2. The van der Waals surface area contributed by atoms with Crippen molar-refractivity contribution in [1.82, 2.24) is 9.55 Å². The Bertz CT molecular complexity index is 320. The number of aryl methyl sites for hydroxylation is 2. The summed E-state index contributed by atoms with van der Waals surface area (Å²) in [6, 6.07) is 0. The van der Waals surface area contributed by atoms with Gasteiger partial charge in [0.05, 0.1) is 5.69 Å². The van der Waals surface area contributed by atoms with E-state index < -0.39 is 0 Å². The molecule has 0 radical (unpaired) electrons. The van der Waals surface area contributed by atoms with Gasteiger partial charge in [-0.2, -0.15) is 11.8 Å². The summed E-state index contributed by atoms with van der Waals surface area (Å²) in [4.78, 5) is 4.68. The molecule has 0 spiro atoms. The first kappa shape index (κ1) is 13.4. The van der Waals surface area contributed by atoms with E-state index in [-0.39, 0.29) is 0 Å². The van der Waals surface area contributed by atoms with Crippen LogP contribution in [-0.2, 0) is 19.4 Å². The van der Waals surface area contributed by atoms with Crippen LogP contribution in [0.1, 0.15) is 38.2 Å². The van der Waals surface area contributed by atoms with Crippen LogP contribution in [0, 0.1) is 0 Å². The third kappa shape index (κ3) is 3.17. The van der Waals surface area contributed by atoms with E-state index in [1.807, 2.05) is 11.8 Å². The van der Waals surface area contributed by atoms with E-state index >= 15 is 0 Å². The molecular weight excluding hydrogens is 218 g/mol. The van der Waals surface area contributed by atoms with Gasteiger partial charge >= 0.3 is 0 Å². The fourth-order valence-electron chi connectivity index (χ4n) is 1.84. The second-order valence-electron chi connectivity index (χ2n) is 4.00. The molecular formula is C12H23N3S. The largest absolute Gasteiger partial charge is 0.384 e. The van der Waals surface area contributed by atoms with E-state index in [0.29, 0.717) is 0 Å². The standard InChI is InChI=1S/C12H23N3S/c1-4-6-11-14-10(7-9-16-3)12(13)15(11)8-5-2/h4-9,13H2,1-3H3. The van der Waals surface area contributed by atoms with Gasteiger partial charge in [0, 0.05) is 19.4 Å². The zero-order valence-electron chi connectivity index (χ0n) is 10.6. The normalized spacial score (nSPS) is 10.9. The van der Waals surface area contributed by atoms with Crippen LogP contribution in [0.2, 0.25) is 0 Å². The molecule has 0 aliphatic carbocycles. The van der Waals surface area contributed by atoms with Crippen LogP contribution in [0.15, 0.2) is 0 Å². The van der Waals surface area contributed by atoms with Gasteiger partial charge in [0.2, 0.25) is 0 Å². The number of anilines is 1. The molecule has 1 heterocycles. The van der Waals surface area contributed by atoms with Gasteiger partial charge in [-0.25, -0.2) is 4.98 Å². The molecule has 0 aliphatic heterocycles. The molecule has 3 nitrogen and oxygen atoms in total. The van der Waals surface area contributed by atoms with Crippen LogP contribution in [0.5, 0.6) is 0 Å². The van der Waals surface area contributed by atoms with E-state index in [9.17, 15) is 0 Å². The lowest BCUT2D eigenvalue weighted by Crippen LogP contribution is -2.07. The Kier molecular flexibility index (Phi) is 5.74. The molecule has 1 aromatic rings. The highest BCUT2D eigenvalue weighted by Gasteiger charge is 2.12. The number of nitrogen functional groups attached to an aromatic ring is 1. The molecule has 2 N–H and O–H groups in total. The van der Waals surface area contributed by atoms with Crippen LogP contribution < -0.4 is 5.73 Å². The molecule has 0 unspecified atom stereocenters. The van der Waals surface area contributed by atoms with E-state index in [0.717, 1.165) is 55.3 Å². The minimum absolute atomic E-state index is 0.888. The van der Waals surface area contributed by atoms with Crippen LogP contribution >= 0.6 is 11.8 Å². The minimum Gasteiger partial charge on any atom is -0.384 e. The van der Waals surface area contributed by atoms with Gasteiger partial charge in [-0.15, -0.1) is 0 Å². The van der Waals surface area contributed by atoms with Crippen molar-refractivity contribution in [2.24, 2.45) is 0 Å². The maximum atomic E-state index is 6.15. The molecule has 0 amide bonds. The second kappa shape index (κ2) is 6.84. The van der Waals surface area contributed by atoms with Gasteiger partial charge in [0.1, 0.15) is 11.6 Å². The molecule has 0 aliphatic rings. The van der Waals surface area contributed by atoms with Crippen molar-refractivity contribution in [3.8, 4) is 0 Å². The van der Waals surface area contributed by atoms with Crippen LogP contribution in [0.4, 0.5) is 5.82 Å². The predicted molar refractivity (Wildman–Crippen MR) is 73.0 cm³/mol. The molecule has 0 saturated heterocycles. The summed E-state index contributed by atoms with van der Waals surface area (Å²) in [6.45, 7) is 5.35. The monoisotopic (exact) mass is 241 g/mol. The minimum atomic E-state index is 0.888. The van der Waals surface area contributed by atoms with Gasteiger partial charge in [-0.1, -0.05) is 13.8 Å². The Morgan fingerprint density at radius 1 is 1.25 bits per heavy atom. The van der Waals surface area contributed by atoms with Crippen molar-refractivity contribution < 1.29 is 0 Å². The lowest BCUT2D eigenvalue weighted by atomic mass is 10.3. The molecule has 4 heteroatoms. The zero-order chi connectivity index (χ0) is 12.0. The average Bonchev–Trinajstić information content (AvgIpc) is 2.56. The topological polar surface area (TPSA) is 43.8 Å². The van der Waals surface area contributed by atoms with Crippen molar-refractivity contribution in [3.05, 3.63) is 11.5 Å². The number of thioether (sulfide) groups is 1. The predicted octanol–water partition coefficient (Wildman–Crippen LogP) is 2.73. The number of nitrogens with zero attached hydrogens (tertiary/aromatic N) is 2. The van der Waals surface area contributed by atoms with Gasteiger partial charge in [-0.05, 0) is 24.9 Å². The summed E-state index contributed by atoms with van der Waals surface area (Å²) >= 11 is 1.84. The van der Waals surface area contributed by atoms with Gasteiger partial charge in [0.25, 0.3) is 0 Å². The Morgan fingerprint density at radius 2 is 2.00 bits per heavy atom. The Balaban J connectivity index is 2.88. The Morgan fingerprint density at radius 3 is 2.56 bits per heavy atom. The molecule has 0 atom stereocenters. The molecule has 16 heavy (non-hydrogen) atoms. The third-order valence-electron chi connectivity index (χ3n) is 2.63. The summed E-state index contributed by atoms with van der Waals surface area (Å²) in [5.74, 6) is 3.15. The highest BCUT2D eigenvalue weighted by Crippen LogP contribution is 2.18.